The van der Waals surface area contributed by atoms with Gasteiger partial charge in [0, 0.05) is 36.6 Å². The van der Waals surface area contributed by atoms with E-state index in [1.807, 2.05) is 36.7 Å². The third kappa shape index (κ3) is 5.17. The van der Waals surface area contributed by atoms with E-state index < -0.39 is 0 Å². The minimum Gasteiger partial charge on any atom is -0.484 e. The fourth-order valence-electron chi connectivity index (χ4n) is 3.39. The molecule has 4 rings (SSSR count). The van der Waals surface area contributed by atoms with E-state index in [0.29, 0.717) is 29.4 Å². The van der Waals surface area contributed by atoms with Crippen LogP contribution in [-0.4, -0.2) is 34.5 Å². The van der Waals surface area contributed by atoms with Gasteiger partial charge in [0.15, 0.2) is 6.61 Å². The van der Waals surface area contributed by atoms with Gasteiger partial charge in [-0.15, -0.1) is 0 Å². The van der Waals surface area contributed by atoms with E-state index in [2.05, 4.69) is 15.6 Å². The van der Waals surface area contributed by atoms with Crippen LogP contribution in [0.15, 0.2) is 36.4 Å². The summed E-state index contributed by atoms with van der Waals surface area (Å²) in [4.78, 5) is 28.7. The number of aromatic nitrogens is 2. The fraction of sp³-hybridized carbons (Fsp3) is 0.348. The molecule has 162 valence electrons. The largest absolute Gasteiger partial charge is 0.484 e. The summed E-state index contributed by atoms with van der Waals surface area (Å²) in [6.07, 6.45) is 2.65. The van der Waals surface area contributed by atoms with Gasteiger partial charge in [0.05, 0.1) is 11.0 Å². The normalized spacial score (nSPS) is 13.3. The molecule has 0 saturated heterocycles. The predicted molar refractivity (Wildman–Crippen MR) is 120 cm³/mol. The third-order valence-corrected chi connectivity index (χ3v) is 5.78. The molecule has 1 aliphatic carbocycles. The van der Waals surface area contributed by atoms with Crippen molar-refractivity contribution < 1.29 is 14.3 Å². The molecule has 0 atom stereocenters. The first-order valence-corrected chi connectivity index (χ1v) is 10.7. The Bertz CT molecular complexity index is 1140. The van der Waals surface area contributed by atoms with Crippen LogP contribution in [0, 0.1) is 12.8 Å². The van der Waals surface area contributed by atoms with E-state index in [0.717, 1.165) is 35.3 Å². The molecule has 0 aliphatic heterocycles. The molecule has 0 bridgehead atoms. The number of anilines is 1. The van der Waals surface area contributed by atoms with Gasteiger partial charge in [-0.2, -0.15) is 0 Å². The summed E-state index contributed by atoms with van der Waals surface area (Å²) in [5.74, 6) is 1.57. The van der Waals surface area contributed by atoms with Crippen molar-refractivity contribution in [3.8, 4) is 5.75 Å². The van der Waals surface area contributed by atoms with E-state index >= 15 is 0 Å². The summed E-state index contributed by atoms with van der Waals surface area (Å²) >= 11 is 6.01. The molecule has 1 saturated carbocycles. The molecular weight excluding hydrogens is 416 g/mol. The standard InChI is InChI=1S/C23H25ClN4O3/c1-14-11-17(6-7-18(14)24)31-13-22(29)26-16-5-8-20-19(12-16)27-21(28(20)2)9-10-25-23(30)15-3-4-15/h5-8,11-12,15H,3-4,9-10,13H2,1-2H3,(H,25,30)(H,26,29). The van der Waals surface area contributed by atoms with Gasteiger partial charge in [-0.05, 0) is 61.7 Å². The summed E-state index contributed by atoms with van der Waals surface area (Å²) in [7, 11) is 1.95. The van der Waals surface area contributed by atoms with Crippen molar-refractivity contribution in [1.82, 2.24) is 14.9 Å². The van der Waals surface area contributed by atoms with Gasteiger partial charge < -0.3 is 19.9 Å². The lowest BCUT2D eigenvalue weighted by Crippen LogP contribution is -2.27. The molecule has 3 aromatic rings. The number of imidazole rings is 1. The van der Waals surface area contributed by atoms with Crippen LogP contribution >= 0.6 is 11.6 Å². The second-order valence-electron chi connectivity index (χ2n) is 7.85. The third-order valence-electron chi connectivity index (χ3n) is 5.35. The molecule has 1 heterocycles. The van der Waals surface area contributed by atoms with Crippen molar-refractivity contribution in [2.75, 3.05) is 18.5 Å². The number of aryl methyl sites for hydroxylation is 2. The van der Waals surface area contributed by atoms with Crippen LogP contribution in [-0.2, 0) is 23.1 Å². The minimum absolute atomic E-state index is 0.104. The lowest BCUT2D eigenvalue weighted by Gasteiger charge is -2.09. The number of amides is 2. The molecule has 7 nitrogen and oxygen atoms in total. The number of benzene rings is 2. The molecule has 31 heavy (non-hydrogen) atoms. The Labute approximate surface area is 185 Å². The molecule has 2 amide bonds. The molecule has 0 radical (unpaired) electrons. The zero-order valence-electron chi connectivity index (χ0n) is 17.6. The maximum absolute atomic E-state index is 12.3. The highest BCUT2D eigenvalue weighted by Crippen LogP contribution is 2.28. The summed E-state index contributed by atoms with van der Waals surface area (Å²) in [6, 6.07) is 10.9. The SMILES string of the molecule is Cc1cc(OCC(=O)Nc2ccc3c(c2)nc(CCNC(=O)C2CC2)n3C)ccc1Cl. The van der Waals surface area contributed by atoms with E-state index in [-0.39, 0.29) is 24.3 Å². The zero-order chi connectivity index (χ0) is 22.0. The number of nitrogens with one attached hydrogen (secondary N) is 2. The van der Waals surface area contributed by atoms with Crippen molar-refractivity contribution in [3.05, 3.63) is 52.8 Å². The number of halogens is 1. The van der Waals surface area contributed by atoms with Crippen LogP contribution in [0.5, 0.6) is 5.75 Å². The highest BCUT2D eigenvalue weighted by Gasteiger charge is 2.29. The zero-order valence-corrected chi connectivity index (χ0v) is 18.3. The highest BCUT2D eigenvalue weighted by molar-refractivity contribution is 6.31. The number of fused-ring (bicyclic) bond motifs is 1. The fourth-order valence-corrected chi connectivity index (χ4v) is 3.51. The molecule has 1 fully saturated rings. The summed E-state index contributed by atoms with van der Waals surface area (Å²) < 4.78 is 7.56. The Morgan fingerprint density at radius 1 is 1.23 bits per heavy atom. The van der Waals surface area contributed by atoms with E-state index in [1.54, 1.807) is 18.2 Å². The van der Waals surface area contributed by atoms with Crippen LogP contribution in [0.2, 0.25) is 5.02 Å². The monoisotopic (exact) mass is 440 g/mol. The Balaban J connectivity index is 1.34. The number of hydrogen-bond donors (Lipinski definition) is 2. The molecule has 0 unspecified atom stereocenters. The first-order chi connectivity index (χ1) is 14.9. The molecule has 2 aromatic carbocycles. The number of carbonyl (C=O) groups excluding carboxylic acids is 2. The Kier molecular flexibility index (Phi) is 6.13. The summed E-state index contributed by atoms with van der Waals surface area (Å²) in [6.45, 7) is 2.34. The van der Waals surface area contributed by atoms with Crippen molar-refractivity contribution >= 4 is 40.1 Å². The minimum atomic E-state index is -0.258. The second kappa shape index (κ2) is 8.98. The van der Waals surface area contributed by atoms with Crippen molar-refractivity contribution in [2.24, 2.45) is 13.0 Å². The molecule has 0 spiro atoms. The quantitative estimate of drug-likeness (QED) is 0.560. The highest BCUT2D eigenvalue weighted by atomic mass is 35.5. The molecule has 8 heteroatoms. The van der Waals surface area contributed by atoms with Crippen LogP contribution in [0.25, 0.3) is 11.0 Å². The van der Waals surface area contributed by atoms with Gasteiger partial charge in [0.25, 0.3) is 5.91 Å². The maximum Gasteiger partial charge on any atom is 0.262 e. The van der Waals surface area contributed by atoms with Crippen molar-refractivity contribution in [3.63, 3.8) is 0 Å². The van der Waals surface area contributed by atoms with Crippen molar-refractivity contribution in [2.45, 2.75) is 26.2 Å². The summed E-state index contributed by atoms with van der Waals surface area (Å²) in [5, 5.41) is 6.46. The molecule has 1 aliphatic rings. The van der Waals surface area contributed by atoms with Gasteiger partial charge >= 0.3 is 0 Å². The number of carbonyl (C=O) groups is 2. The number of nitrogens with zero attached hydrogens (tertiary/aromatic N) is 2. The van der Waals surface area contributed by atoms with Crippen LogP contribution in [0.1, 0.15) is 24.2 Å². The first kappa shape index (κ1) is 21.2. The van der Waals surface area contributed by atoms with Gasteiger partial charge in [-0.25, -0.2) is 4.98 Å². The van der Waals surface area contributed by atoms with Gasteiger partial charge in [-0.1, -0.05) is 11.6 Å². The van der Waals surface area contributed by atoms with Gasteiger partial charge in [0.1, 0.15) is 11.6 Å². The smallest absolute Gasteiger partial charge is 0.262 e. The average molecular weight is 441 g/mol. The van der Waals surface area contributed by atoms with Gasteiger partial charge in [-0.3, -0.25) is 9.59 Å². The van der Waals surface area contributed by atoms with E-state index in [1.165, 1.54) is 0 Å². The second-order valence-corrected chi connectivity index (χ2v) is 8.26. The lowest BCUT2D eigenvalue weighted by atomic mass is 10.2. The molecular formula is C23H25ClN4O3. The lowest BCUT2D eigenvalue weighted by molar-refractivity contribution is -0.122. The van der Waals surface area contributed by atoms with Crippen LogP contribution < -0.4 is 15.4 Å². The van der Waals surface area contributed by atoms with Crippen LogP contribution in [0.4, 0.5) is 5.69 Å². The Morgan fingerprint density at radius 3 is 2.77 bits per heavy atom. The number of ether oxygens (including phenoxy) is 1. The predicted octanol–water partition coefficient (Wildman–Crippen LogP) is 3.62. The van der Waals surface area contributed by atoms with E-state index in [4.69, 9.17) is 16.3 Å². The van der Waals surface area contributed by atoms with Crippen LogP contribution in [0.3, 0.4) is 0 Å². The first-order valence-electron chi connectivity index (χ1n) is 10.3. The Hall–Kier alpha value is -3.06. The number of rotatable bonds is 8. The summed E-state index contributed by atoms with van der Waals surface area (Å²) in [5.41, 5.74) is 3.30. The van der Waals surface area contributed by atoms with E-state index in [9.17, 15) is 9.59 Å². The Morgan fingerprint density at radius 2 is 2.03 bits per heavy atom. The average Bonchev–Trinajstić information content (AvgIpc) is 3.55. The van der Waals surface area contributed by atoms with Gasteiger partial charge in [0.2, 0.25) is 5.91 Å². The number of hydrogen-bond acceptors (Lipinski definition) is 4. The topological polar surface area (TPSA) is 85.2 Å². The molecule has 2 N–H and O–H groups in total. The van der Waals surface area contributed by atoms with Crippen molar-refractivity contribution in [1.29, 1.82) is 0 Å². The maximum atomic E-state index is 12.3. The molecule has 1 aromatic heterocycles.